The molecule has 3 rings (SSSR count). The first-order chi connectivity index (χ1) is 11.8. The van der Waals surface area contributed by atoms with Crippen LogP contribution in [0.2, 0.25) is 0 Å². The van der Waals surface area contributed by atoms with Gasteiger partial charge in [0.1, 0.15) is 18.3 Å². The Morgan fingerprint density at radius 3 is 2.88 bits per heavy atom. The zero-order valence-electron chi connectivity index (χ0n) is 13.4. The van der Waals surface area contributed by atoms with Gasteiger partial charge in [-0.1, -0.05) is 6.07 Å². The molecule has 25 heavy (non-hydrogen) atoms. The zero-order valence-corrected chi connectivity index (χ0v) is 13.4. The lowest BCUT2D eigenvalue weighted by molar-refractivity contribution is -0.162. The highest BCUT2D eigenvalue weighted by atomic mass is 16.6. The second-order valence-electron chi connectivity index (χ2n) is 6.11. The van der Waals surface area contributed by atoms with Crippen LogP contribution in [0.25, 0.3) is 6.08 Å². The topological polar surface area (TPSA) is 123 Å². The van der Waals surface area contributed by atoms with E-state index in [2.05, 4.69) is 0 Å². The Hall–Kier alpha value is -2.58. The van der Waals surface area contributed by atoms with Crippen LogP contribution in [0.4, 0.5) is 0 Å². The average molecular weight is 350 g/mol. The van der Waals surface area contributed by atoms with Crippen LogP contribution in [0.3, 0.4) is 0 Å². The Morgan fingerprint density at radius 1 is 1.40 bits per heavy atom. The highest BCUT2D eigenvalue weighted by Gasteiger charge is 2.58. The van der Waals surface area contributed by atoms with Gasteiger partial charge in [0.05, 0.1) is 7.11 Å². The SMILES string of the molecule is COc1cc(/C=C/C(=O)OC2CC3(O)CC(OC3=O)C2O)ccc1O. The third-order valence-electron chi connectivity index (χ3n) is 4.36. The van der Waals surface area contributed by atoms with Gasteiger partial charge < -0.3 is 29.5 Å². The third kappa shape index (κ3) is 3.31. The monoisotopic (exact) mass is 350 g/mol. The molecule has 8 nitrogen and oxygen atoms in total. The normalized spacial score (nSPS) is 31.0. The van der Waals surface area contributed by atoms with Crippen LogP contribution < -0.4 is 4.74 Å². The van der Waals surface area contributed by atoms with Gasteiger partial charge in [-0.05, 0) is 23.8 Å². The van der Waals surface area contributed by atoms with Crippen molar-refractivity contribution in [3.05, 3.63) is 29.8 Å². The number of benzene rings is 1. The average Bonchev–Trinajstić information content (AvgIpc) is 2.83. The number of hydrogen-bond acceptors (Lipinski definition) is 8. The molecule has 1 heterocycles. The van der Waals surface area contributed by atoms with Crippen molar-refractivity contribution in [2.24, 2.45) is 0 Å². The Bertz CT molecular complexity index is 727. The molecule has 0 radical (unpaired) electrons. The molecule has 1 aliphatic heterocycles. The number of ether oxygens (including phenoxy) is 3. The molecule has 2 fully saturated rings. The van der Waals surface area contributed by atoms with Crippen molar-refractivity contribution in [3.8, 4) is 11.5 Å². The molecule has 134 valence electrons. The Morgan fingerprint density at radius 2 is 2.16 bits per heavy atom. The van der Waals surface area contributed by atoms with Gasteiger partial charge in [-0.25, -0.2) is 9.59 Å². The maximum atomic E-state index is 12.0. The van der Waals surface area contributed by atoms with Gasteiger partial charge in [0.2, 0.25) is 0 Å². The number of aromatic hydroxyl groups is 1. The highest BCUT2D eigenvalue weighted by molar-refractivity contribution is 5.87. The van der Waals surface area contributed by atoms with Crippen LogP contribution >= 0.6 is 0 Å². The summed E-state index contributed by atoms with van der Waals surface area (Å²) in [5.74, 6) is -1.32. The van der Waals surface area contributed by atoms with Gasteiger partial charge in [-0.15, -0.1) is 0 Å². The number of esters is 2. The fourth-order valence-electron chi connectivity index (χ4n) is 3.02. The number of carbonyl (C=O) groups is 2. The largest absolute Gasteiger partial charge is 0.504 e. The number of carbonyl (C=O) groups excluding carboxylic acids is 2. The molecule has 8 heteroatoms. The maximum absolute atomic E-state index is 12.0. The number of hydrogen-bond donors (Lipinski definition) is 3. The Balaban J connectivity index is 1.65. The molecule has 1 aromatic carbocycles. The summed E-state index contributed by atoms with van der Waals surface area (Å²) >= 11 is 0. The van der Waals surface area contributed by atoms with Gasteiger partial charge in [0.15, 0.2) is 17.1 Å². The van der Waals surface area contributed by atoms with E-state index in [0.29, 0.717) is 5.56 Å². The number of aliphatic hydroxyl groups excluding tert-OH is 1. The lowest BCUT2D eigenvalue weighted by Gasteiger charge is -2.32. The summed E-state index contributed by atoms with van der Waals surface area (Å²) in [7, 11) is 1.41. The first-order valence-electron chi connectivity index (χ1n) is 7.69. The fraction of sp³-hybridized carbons (Fsp3) is 0.412. The van der Waals surface area contributed by atoms with E-state index >= 15 is 0 Å². The summed E-state index contributed by atoms with van der Waals surface area (Å²) in [6, 6.07) is 4.53. The molecular weight excluding hydrogens is 332 g/mol. The van der Waals surface area contributed by atoms with E-state index in [1.54, 1.807) is 6.07 Å². The number of rotatable bonds is 4. The van der Waals surface area contributed by atoms with E-state index in [1.165, 1.54) is 25.3 Å². The molecule has 1 aliphatic carbocycles. The number of methoxy groups -OCH3 is 1. The Kier molecular flexibility index (Phi) is 4.40. The lowest BCUT2D eigenvalue weighted by Crippen LogP contribution is -2.50. The minimum Gasteiger partial charge on any atom is -0.504 e. The summed E-state index contributed by atoms with van der Waals surface area (Å²) in [5, 5.41) is 29.8. The second kappa shape index (κ2) is 6.38. The molecular formula is C17H18O8. The molecule has 0 amide bonds. The predicted molar refractivity (Wildman–Crippen MR) is 83.6 cm³/mol. The molecule has 3 N–H and O–H groups in total. The standard InChI is InChI=1S/C17H18O8/c1-23-11-6-9(2-4-10(11)18)3-5-14(19)24-12-7-17(22)8-13(15(12)20)25-16(17)21/h2-6,12-13,15,18,20,22H,7-8H2,1H3/b5-3+. The van der Waals surface area contributed by atoms with Crippen molar-refractivity contribution < 1.29 is 39.1 Å². The van der Waals surface area contributed by atoms with E-state index in [4.69, 9.17) is 14.2 Å². The molecule has 2 bridgehead atoms. The predicted octanol–water partition coefficient (Wildman–Crippen LogP) is 0.137. The summed E-state index contributed by atoms with van der Waals surface area (Å²) in [6.07, 6.45) is -0.735. The van der Waals surface area contributed by atoms with Crippen LogP contribution in [0.5, 0.6) is 11.5 Å². The summed E-state index contributed by atoms with van der Waals surface area (Å²) in [5.41, 5.74) is -1.13. The summed E-state index contributed by atoms with van der Waals surface area (Å²) in [6.45, 7) is 0. The van der Waals surface area contributed by atoms with E-state index in [1.807, 2.05) is 0 Å². The third-order valence-corrected chi connectivity index (χ3v) is 4.36. The molecule has 0 spiro atoms. The van der Waals surface area contributed by atoms with Crippen molar-refractivity contribution in [2.45, 2.75) is 36.8 Å². The van der Waals surface area contributed by atoms with Crippen LogP contribution in [0, 0.1) is 0 Å². The highest BCUT2D eigenvalue weighted by Crippen LogP contribution is 2.39. The van der Waals surface area contributed by atoms with Crippen LogP contribution in [-0.2, 0) is 19.1 Å². The molecule has 1 saturated heterocycles. The minimum absolute atomic E-state index is 0.00973. The first-order valence-corrected chi connectivity index (χ1v) is 7.69. The van der Waals surface area contributed by atoms with Gasteiger partial charge in [0, 0.05) is 18.9 Å². The van der Waals surface area contributed by atoms with Crippen molar-refractivity contribution in [1.82, 2.24) is 0 Å². The van der Waals surface area contributed by atoms with E-state index in [0.717, 1.165) is 6.08 Å². The molecule has 0 aromatic heterocycles. The smallest absolute Gasteiger partial charge is 0.338 e. The quantitative estimate of drug-likeness (QED) is 0.518. The van der Waals surface area contributed by atoms with Crippen LogP contribution in [0.15, 0.2) is 24.3 Å². The maximum Gasteiger partial charge on any atom is 0.338 e. The van der Waals surface area contributed by atoms with Crippen molar-refractivity contribution in [1.29, 1.82) is 0 Å². The summed E-state index contributed by atoms with van der Waals surface area (Å²) in [4.78, 5) is 23.5. The van der Waals surface area contributed by atoms with E-state index in [-0.39, 0.29) is 24.3 Å². The van der Waals surface area contributed by atoms with Crippen LogP contribution in [0.1, 0.15) is 18.4 Å². The van der Waals surface area contributed by atoms with Crippen molar-refractivity contribution in [3.63, 3.8) is 0 Å². The summed E-state index contributed by atoms with van der Waals surface area (Å²) < 4.78 is 15.0. The van der Waals surface area contributed by atoms with Crippen molar-refractivity contribution in [2.75, 3.05) is 7.11 Å². The van der Waals surface area contributed by atoms with Gasteiger partial charge in [-0.3, -0.25) is 0 Å². The van der Waals surface area contributed by atoms with Gasteiger partial charge in [-0.2, -0.15) is 0 Å². The van der Waals surface area contributed by atoms with E-state index < -0.39 is 35.9 Å². The molecule has 1 saturated carbocycles. The fourth-order valence-corrected chi connectivity index (χ4v) is 3.02. The van der Waals surface area contributed by atoms with E-state index in [9.17, 15) is 24.9 Å². The van der Waals surface area contributed by atoms with Crippen LogP contribution in [-0.4, -0.2) is 58.3 Å². The molecule has 4 unspecified atom stereocenters. The van der Waals surface area contributed by atoms with Gasteiger partial charge in [0.25, 0.3) is 0 Å². The number of phenols is 1. The number of phenolic OH excluding ortho intramolecular Hbond substituents is 1. The Labute approximate surface area is 143 Å². The van der Waals surface area contributed by atoms with Crippen molar-refractivity contribution >= 4 is 18.0 Å². The first kappa shape index (κ1) is 17.2. The number of fused-ring (bicyclic) bond motifs is 2. The molecule has 1 aromatic rings. The molecule has 2 aliphatic rings. The lowest BCUT2D eigenvalue weighted by atomic mass is 9.82. The minimum atomic E-state index is -1.72. The molecule has 4 atom stereocenters. The van der Waals surface area contributed by atoms with Gasteiger partial charge >= 0.3 is 11.9 Å². The zero-order chi connectivity index (χ0) is 18.2. The number of aliphatic hydroxyl groups is 2. The second-order valence-corrected chi connectivity index (χ2v) is 6.11.